The largest absolute Gasteiger partial charge is 0.396 e. The second kappa shape index (κ2) is 5.09. The fourth-order valence-corrected chi connectivity index (χ4v) is 2.75. The summed E-state index contributed by atoms with van der Waals surface area (Å²) < 4.78 is 52.7. The van der Waals surface area contributed by atoms with Crippen LogP contribution >= 0.6 is 0 Å². The Labute approximate surface area is 112 Å². The minimum absolute atomic E-state index is 0.0732. The van der Waals surface area contributed by atoms with Crippen LogP contribution in [0.4, 0.5) is 14.5 Å². The van der Waals surface area contributed by atoms with Gasteiger partial charge in [-0.15, -0.1) is 10.2 Å². The summed E-state index contributed by atoms with van der Waals surface area (Å²) in [6.45, 7) is 1.44. The van der Waals surface area contributed by atoms with Crippen molar-refractivity contribution in [2.45, 2.75) is 17.9 Å². The maximum Gasteiger partial charge on any atom is 0.244 e. The average molecular weight is 304 g/mol. The first-order chi connectivity index (χ1) is 9.31. The van der Waals surface area contributed by atoms with Crippen molar-refractivity contribution < 1.29 is 17.2 Å². The van der Waals surface area contributed by atoms with Gasteiger partial charge >= 0.3 is 0 Å². The zero-order chi connectivity index (χ0) is 14.9. The van der Waals surface area contributed by atoms with Gasteiger partial charge in [0.05, 0.1) is 11.7 Å². The van der Waals surface area contributed by atoms with Crippen LogP contribution in [0.15, 0.2) is 17.0 Å². The van der Waals surface area contributed by atoms with Crippen molar-refractivity contribution >= 4 is 15.7 Å². The van der Waals surface area contributed by atoms with E-state index in [0.717, 1.165) is 0 Å². The molecule has 0 aliphatic heterocycles. The summed E-state index contributed by atoms with van der Waals surface area (Å²) in [5, 5.41) is 12.6. The highest BCUT2D eigenvalue weighted by Crippen LogP contribution is 2.22. The van der Waals surface area contributed by atoms with Crippen molar-refractivity contribution in [1.29, 1.82) is 0 Å². The highest BCUT2D eigenvalue weighted by Gasteiger charge is 2.25. The van der Waals surface area contributed by atoms with Gasteiger partial charge in [0, 0.05) is 6.07 Å². The summed E-state index contributed by atoms with van der Waals surface area (Å²) in [4.78, 5) is -0.758. The summed E-state index contributed by atoms with van der Waals surface area (Å²) >= 11 is 0. The molecule has 8 nitrogen and oxygen atoms in total. The van der Waals surface area contributed by atoms with Crippen molar-refractivity contribution in [3.8, 4) is 0 Å². The molecule has 1 atom stereocenters. The van der Waals surface area contributed by atoms with Gasteiger partial charge < -0.3 is 5.73 Å². The zero-order valence-corrected chi connectivity index (χ0v) is 10.9. The lowest BCUT2D eigenvalue weighted by Gasteiger charge is -2.12. The highest BCUT2D eigenvalue weighted by molar-refractivity contribution is 7.89. The number of nitrogens with two attached hydrogens (primary N) is 1. The SMILES string of the molecule is CC(NS(=O)(=O)c1cc(N)c(F)cc1F)c1nn[nH]n1. The molecule has 0 amide bonds. The van der Waals surface area contributed by atoms with Gasteiger partial charge in [0.2, 0.25) is 10.0 Å². The second-order valence-electron chi connectivity index (χ2n) is 3.92. The number of nitrogens with zero attached hydrogens (tertiary/aromatic N) is 3. The minimum Gasteiger partial charge on any atom is -0.396 e. The number of hydrogen-bond donors (Lipinski definition) is 3. The minimum atomic E-state index is -4.25. The molecule has 1 unspecified atom stereocenters. The molecular weight excluding hydrogens is 294 g/mol. The lowest BCUT2D eigenvalue weighted by molar-refractivity contribution is 0.534. The van der Waals surface area contributed by atoms with E-state index in [0.29, 0.717) is 12.1 Å². The topological polar surface area (TPSA) is 127 Å². The second-order valence-corrected chi connectivity index (χ2v) is 5.60. The van der Waals surface area contributed by atoms with E-state index in [1.165, 1.54) is 6.92 Å². The molecule has 20 heavy (non-hydrogen) atoms. The maximum atomic E-state index is 13.6. The molecule has 0 aliphatic rings. The van der Waals surface area contributed by atoms with Gasteiger partial charge in [0.15, 0.2) is 5.82 Å². The molecule has 2 aromatic rings. The van der Waals surface area contributed by atoms with Crippen LogP contribution in [0.2, 0.25) is 0 Å². The van der Waals surface area contributed by atoms with Crippen molar-refractivity contribution in [3.63, 3.8) is 0 Å². The van der Waals surface area contributed by atoms with E-state index in [4.69, 9.17) is 5.73 Å². The highest BCUT2D eigenvalue weighted by atomic mass is 32.2. The molecule has 1 aromatic heterocycles. The number of nitrogens with one attached hydrogen (secondary N) is 2. The van der Waals surface area contributed by atoms with E-state index >= 15 is 0 Å². The molecule has 0 spiro atoms. The van der Waals surface area contributed by atoms with E-state index in [2.05, 4.69) is 25.3 Å². The molecule has 0 fully saturated rings. The lowest BCUT2D eigenvalue weighted by Crippen LogP contribution is -2.28. The average Bonchev–Trinajstić information content (AvgIpc) is 2.86. The van der Waals surface area contributed by atoms with Gasteiger partial charge in [0.1, 0.15) is 16.5 Å². The summed E-state index contributed by atoms with van der Waals surface area (Å²) in [5.74, 6) is -2.21. The van der Waals surface area contributed by atoms with Crippen molar-refractivity contribution in [2.75, 3.05) is 5.73 Å². The molecule has 2 rings (SSSR count). The number of anilines is 1. The first-order valence-corrected chi connectivity index (χ1v) is 6.80. The van der Waals surface area contributed by atoms with Gasteiger partial charge in [-0.1, -0.05) is 5.21 Å². The third-order valence-corrected chi connectivity index (χ3v) is 3.98. The zero-order valence-electron chi connectivity index (χ0n) is 10.1. The van der Waals surface area contributed by atoms with E-state index < -0.39 is 38.3 Å². The molecule has 1 aromatic carbocycles. The fraction of sp³-hybridized carbons (Fsp3) is 0.222. The molecule has 0 saturated carbocycles. The maximum absolute atomic E-state index is 13.6. The van der Waals surface area contributed by atoms with Crippen molar-refractivity contribution in [3.05, 3.63) is 29.6 Å². The third-order valence-electron chi connectivity index (χ3n) is 2.42. The van der Waals surface area contributed by atoms with Crippen LogP contribution < -0.4 is 10.5 Å². The van der Waals surface area contributed by atoms with Gasteiger partial charge in [0.25, 0.3) is 0 Å². The van der Waals surface area contributed by atoms with E-state index in [1.807, 2.05) is 0 Å². The Balaban J connectivity index is 2.34. The molecule has 0 aliphatic carbocycles. The number of H-pyrrole nitrogens is 1. The normalized spacial score (nSPS) is 13.3. The summed E-state index contributed by atoms with van der Waals surface area (Å²) in [6, 6.07) is 0.253. The van der Waals surface area contributed by atoms with Crippen LogP contribution in [0, 0.1) is 11.6 Å². The molecular formula is C9H10F2N6O2S. The molecule has 1 heterocycles. The standard InChI is InChI=1S/C9H10F2N6O2S/c1-4(9-13-16-17-14-9)15-20(18,19)8-3-7(12)5(10)2-6(8)11/h2-4,15H,12H2,1H3,(H,13,14,16,17). The van der Waals surface area contributed by atoms with Gasteiger partial charge in [-0.25, -0.2) is 21.9 Å². The Morgan fingerprint density at radius 1 is 1.35 bits per heavy atom. The fourth-order valence-electron chi connectivity index (χ4n) is 1.45. The molecule has 0 radical (unpaired) electrons. The molecule has 4 N–H and O–H groups in total. The molecule has 108 valence electrons. The number of sulfonamides is 1. The molecule has 0 bridgehead atoms. The van der Waals surface area contributed by atoms with Gasteiger partial charge in [-0.3, -0.25) is 0 Å². The number of nitrogen functional groups attached to an aromatic ring is 1. The quantitative estimate of drug-likeness (QED) is 0.688. The number of tetrazole rings is 1. The van der Waals surface area contributed by atoms with Gasteiger partial charge in [-0.05, 0) is 13.0 Å². The number of aromatic amines is 1. The van der Waals surface area contributed by atoms with E-state index in [9.17, 15) is 17.2 Å². The Kier molecular flexibility index (Phi) is 3.63. The third kappa shape index (κ3) is 2.72. The smallest absolute Gasteiger partial charge is 0.244 e. The number of hydrogen-bond acceptors (Lipinski definition) is 6. The summed E-state index contributed by atoms with van der Waals surface area (Å²) in [5.41, 5.74) is 4.76. The number of benzene rings is 1. The Hall–Kier alpha value is -2.14. The first-order valence-electron chi connectivity index (χ1n) is 5.31. The molecule has 11 heteroatoms. The number of aromatic nitrogens is 4. The summed E-state index contributed by atoms with van der Waals surface area (Å²) in [7, 11) is -4.25. The summed E-state index contributed by atoms with van der Waals surface area (Å²) in [6.07, 6.45) is 0. The Bertz CT molecular complexity index is 718. The predicted molar refractivity (Wildman–Crippen MR) is 63.7 cm³/mol. The van der Waals surface area contributed by atoms with Crippen LogP contribution in [0.3, 0.4) is 0 Å². The van der Waals surface area contributed by atoms with Crippen molar-refractivity contribution in [2.24, 2.45) is 0 Å². The van der Waals surface area contributed by atoms with Crippen LogP contribution in [-0.2, 0) is 10.0 Å². The Morgan fingerprint density at radius 3 is 2.65 bits per heavy atom. The monoisotopic (exact) mass is 304 g/mol. The predicted octanol–water partition coefficient (Wildman–Crippen LogP) is 0.0996. The van der Waals surface area contributed by atoms with Crippen LogP contribution in [0.5, 0.6) is 0 Å². The van der Waals surface area contributed by atoms with E-state index in [1.54, 1.807) is 0 Å². The van der Waals surface area contributed by atoms with Gasteiger partial charge in [-0.2, -0.15) is 5.21 Å². The van der Waals surface area contributed by atoms with Crippen molar-refractivity contribution in [1.82, 2.24) is 25.3 Å². The molecule has 0 saturated heterocycles. The number of rotatable bonds is 4. The Morgan fingerprint density at radius 2 is 2.05 bits per heavy atom. The lowest BCUT2D eigenvalue weighted by atomic mass is 10.3. The van der Waals surface area contributed by atoms with Crippen LogP contribution in [0.1, 0.15) is 18.8 Å². The first kappa shape index (κ1) is 14.3. The van der Waals surface area contributed by atoms with E-state index in [-0.39, 0.29) is 5.82 Å². The number of halogens is 2. The van der Waals surface area contributed by atoms with Crippen LogP contribution in [0.25, 0.3) is 0 Å². The van der Waals surface area contributed by atoms with Crippen LogP contribution in [-0.4, -0.2) is 29.0 Å².